The van der Waals surface area contributed by atoms with Crippen LogP contribution in [0.4, 0.5) is 17.6 Å². The third-order valence-corrected chi connectivity index (χ3v) is 9.09. The minimum atomic E-state index is -4.43. The van der Waals surface area contributed by atoms with E-state index < -0.39 is 41.7 Å². The fraction of sp³-hybridized carbons (Fsp3) is 0.448. The summed E-state index contributed by atoms with van der Waals surface area (Å²) in [5.74, 6) is -0.996. The fourth-order valence-electron chi connectivity index (χ4n) is 4.98. The van der Waals surface area contributed by atoms with Gasteiger partial charge in [-0.25, -0.2) is 14.4 Å². The molecule has 1 amide bonds. The van der Waals surface area contributed by atoms with E-state index in [4.69, 9.17) is 15.5 Å². The van der Waals surface area contributed by atoms with E-state index in [0.717, 1.165) is 17.8 Å². The average Bonchev–Trinajstić information content (AvgIpc) is 3.63. The van der Waals surface area contributed by atoms with Crippen molar-refractivity contribution >= 4 is 23.5 Å². The minimum absolute atomic E-state index is 0.0551. The summed E-state index contributed by atoms with van der Waals surface area (Å²) >= 11 is 1.31. The van der Waals surface area contributed by atoms with Gasteiger partial charge in [0.05, 0.1) is 28.8 Å². The van der Waals surface area contributed by atoms with Gasteiger partial charge in [-0.1, -0.05) is 6.92 Å². The summed E-state index contributed by atoms with van der Waals surface area (Å²) in [6, 6.07) is 6.15. The minimum Gasteiger partial charge on any atom is -0.490 e. The molecule has 3 heterocycles. The van der Waals surface area contributed by atoms with Crippen LogP contribution >= 0.6 is 11.3 Å². The lowest BCUT2D eigenvalue weighted by Crippen LogP contribution is -2.45. The van der Waals surface area contributed by atoms with Crippen LogP contribution in [-0.4, -0.2) is 47.5 Å². The maximum Gasteiger partial charge on any atom is 0.389 e. The molecule has 5 rings (SSSR count). The topological polar surface area (TPSA) is 107 Å². The van der Waals surface area contributed by atoms with Crippen LogP contribution in [0.1, 0.15) is 76.1 Å². The summed E-state index contributed by atoms with van der Waals surface area (Å²) in [6.07, 6.45) is -3.20. The Morgan fingerprint density at radius 2 is 1.98 bits per heavy atom. The van der Waals surface area contributed by atoms with Crippen LogP contribution in [0.25, 0.3) is 11.3 Å². The molecule has 0 spiro atoms. The monoisotopic (exact) mass is 590 g/mol. The Hall–Kier alpha value is -3.38. The quantitative estimate of drug-likeness (QED) is 0.237. The number of aromatic nitrogens is 2. The number of hydrogen-bond donors (Lipinski definition) is 2. The van der Waals surface area contributed by atoms with E-state index in [0.29, 0.717) is 45.3 Å². The van der Waals surface area contributed by atoms with Crippen molar-refractivity contribution in [2.45, 2.75) is 69.0 Å². The Kier molecular flexibility index (Phi) is 7.90. The molecule has 0 bridgehead atoms. The zero-order chi connectivity index (χ0) is 29.5. The predicted molar refractivity (Wildman–Crippen MR) is 146 cm³/mol. The van der Waals surface area contributed by atoms with Crippen molar-refractivity contribution in [1.82, 2.24) is 15.3 Å². The standard InChI is InChI=1S/C29H30F4N4O3S/c1-15-25(41-27(36-15)17-3-4-17)26(39)35-12-18(9-10-29(31,32)33)21-11-20-24(40-14-28(20,2)22(34)13-38)23(37-21)16-5-7-19(30)8-6-16/h5-8,11,13,17-18,22H,3-4,9-10,12,14,34H2,1-2H3,(H,35,39)/t18?,22?,28-/m0/s1. The fourth-order valence-corrected chi connectivity index (χ4v) is 6.14. The molecule has 0 saturated heterocycles. The highest BCUT2D eigenvalue weighted by Gasteiger charge is 2.44. The number of halogens is 4. The van der Waals surface area contributed by atoms with Crippen LogP contribution in [-0.2, 0) is 10.2 Å². The van der Waals surface area contributed by atoms with Gasteiger partial charge in [0, 0.05) is 41.6 Å². The Bertz CT molecular complexity index is 1460. The van der Waals surface area contributed by atoms with Crippen molar-refractivity contribution in [1.29, 1.82) is 0 Å². The van der Waals surface area contributed by atoms with Gasteiger partial charge in [0.1, 0.15) is 28.4 Å². The molecular formula is C29H30F4N4O3S. The summed E-state index contributed by atoms with van der Waals surface area (Å²) in [4.78, 5) is 34.4. The first-order valence-corrected chi connectivity index (χ1v) is 14.2. The van der Waals surface area contributed by atoms with Gasteiger partial charge >= 0.3 is 6.18 Å². The molecule has 218 valence electrons. The Labute approximate surface area is 238 Å². The number of hydrogen-bond acceptors (Lipinski definition) is 7. The third kappa shape index (κ3) is 6.13. The van der Waals surface area contributed by atoms with Gasteiger partial charge in [-0.2, -0.15) is 13.2 Å². The largest absolute Gasteiger partial charge is 0.490 e. The van der Waals surface area contributed by atoms with Crippen molar-refractivity contribution in [3.05, 3.63) is 63.0 Å². The smallest absolute Gasteiger partial charge is 0.389 e. The number of pyridine rings is 1. The predicted octanol–water partition coefficient (Wildman–Crippen LogP) is 5.56. The summed E-state index contributed by atoms with van der Waals surface area (Å²) in [5.41, 5.74) is 7.36. The highest BCUT2D eigenvalue weighted by atomic mass is 32.1. The lowest BCUT2D eigenvalue weighted by Gasteiger charge is -2.27. The average molecular weight is 591 g/mol. The van der Waals surface area contributed by atoms with E-state index in [9.17, 15) is 27.2 Å². The van der Waals surface area contributed by atoms with Gasteiger partial charge in [-0.3, -0.25) is 4.79 Å². The number of nitrogens with one attached hydrogen (secondary N) is 1. The first-order chi connectivity index (χ1) is 19.4. The molecule has 41 heavy (non-hydrogen) atoms. The Morgan fingerprint density at radius 3 is 2.61 bits per heavy atom. The van der Waals surface area contributed by atoms with E-state index in [1.165, 1.54) is 35.6 Å². The number of carbonyl (C=O) groups is 2. The molecule has 1 saturated carbocycles. The number of aldehydes is 1. The van der Waals surface area contributed by atoms with Crippen molar-refractivity contribution in [2.24, 2.45) is 5.73 Å². The second-order valence-electron chi connectivity index (χ2n) is 10.9. The Balaban J connectivity index is 1.52. The molecule has 1 aliphatic carbocycles. The molecule has 3 aromatic rings. The Morgan fingerprint density at radius 1 is 1.27 bits per heavy atom. The lowest BCUT2D eigenvalue weighted by molar-refractivity contribution is -0.136. The van der Waals surface area contributed by atoms with Crippen LogP contribution in [0, 0.1) is 12.7 Å². The number of nitrogens with two attached hydrogens (primary N) is 1. The molecule has 1 aromatic carbocycles. The molecule has 12 heteroatoms. The number of carbonyl (C=O) groups excluding carboxylic acids is 2. The number of rotatable bonds is 10. The van der Waals surface area contributed by atoms with Crippen LogP contribution in [0.3, 0.4) is 0 Å². The van der Waals surface area contributed by atoms with Crippen LogP contribution in [0.5, 0.6) is 5.75 Å². The zero-order valence-electron chi connectivity index (χ0n) is 22.6. The molecule has 1 aliphatic heterocycles. The second-order valence-corrected chi connectivity index (χ2v) is 12.0. The maximum atomic E-state index is 13.7. The van der Waals surface area contributed by atoms with Crippen LogP contribution in [0.15, 0.2) is 30.3 Å². The number of alkyl halides is 3. The lowest BCUT2D eigenvalue weighted by atomic mass is 9.77. The summed E-state index contributed by atoms with van der Waals surface area (Å²) < 4.78 is 59.8. The highest BCUT2D eigenvalue weighted by Crippen LogP contribution is 2.47. The number of benzene rings is 1. The van der Waals surface area contributed by atoms with Gasteiger partial charge in [-0.15, -0.1) is 11.3 Å². The highest BCUT2D eigenvalue weighted by molar-refractivity contribution is 7.14. The maximum absolute atomic E-state index is 13.7. The summed E-state index contributed by atoms with van der Waals surface area (Å²) in [6.45, 7) is 3.43. The zero-order valence-corrected chi connectivity index (χ0v) is 23.4. The first-order valence-electron chi connectivity index (χ1n) is 13.4. The van der Waals surface area contributed by atoms with Crippen molar-refractivity contribution < 1.29 is 31.9 Å². The molecule has 2 aromatic heterocycles. The second kappa shape index (κ2) is 11.1. The van der Waals surface area contributed by atoms with Gasteiger partial charge in [0.2, 0.25) is 0 Å². The summed E-state index contributed by atoms with van der Waals surface area (Å²) in [5, 5.41) is 3.70. The molecule has 3 atom stereocenters. The molecule has 0 radical (unpaired) electrons. The molecular weight excluding hydrogens is 560 g/mol. The normalized spacial score (nSPS) is 19.8. The van der Waals surface area contributed by atoms with Crippen LogP contribution in [0.2, 0.25) is 0 Å². The molecule has 2 aliphatic rings. The molecule has 1 fully saturated rings. The van der Waals surface area contributed by atoms with Gasteiger partial charge in [-0.05, 0) is 56.5 Å². The first kappa shape index (κ1) is 29.1. The number of nitrogens with zero attached hydrogens (tertiary/aromatic N) is 2. The van der Waals surface area contributed by atoms with Crippen molar-refractivity contribution in [2.75, 3.05) is 13.2 Å². The molecule has 7 nitrogen and oxygen atoms in total. The van der Waals surface area contributed by atoms with Gasteiger partial charge in [0.25, 0.3) is 5.91 Å². The van der Waals surface area contributed by atoms with Gasteiger partial charge in [0.15, 0.2) is 0 Å². The van der Waals surface area contributed by atoms with E-state index in [1.807, 2.05) is 0 Å². The summed E-state index contributed by atoms with van der Waals surface area (Å²) in [7, 11) is 0. The van der Waals surface area contributed by atoms with E-state index in [2.05, 4.69) is 10.3 Å². The van der Waals surface area contributed by atoms with E-state index >= 15 is 0 Å². The van der Waals surface area contributed by atoms with E-state index in [-0.39, 0.29) is 25.3 Å². The number of fused-ring (bicyclic) bond motifs is 1. The van der Waals surface area contributed by atoms with E-state index in [1.54, 1.807) is 19.9 Å². The number of thiazole rings is 1. The third-order valence-electron chi connectivity index (χ3n) is 7.77. The number of ether oxygens (including phenoxy) is 1. The molecule has 2 unspecified atom stereocenters. The number of amides is 1. The molecule has 3 N–H and O–H groups in total. The van der Waals surface area contributed by atoms with Gasteiger partial charge < -0.3 is 20.6 Å². The number of aryl methyl sites for hydroxylation is 1. The van der Waals surface area contributed by atoms with Crippen molar-refractivity contribution in [3.8, 4) is 17.0 Å². The SMILES string of the molecule is Cc1nc(C2CC2)sc1C(=O)NCC(CCC(F)(F)F)c1cc2c(c(-c3ccc(F)cc3)n1)OC[C@]2(C)C(N)C=O. The van der Waals surface area contributed by atoms with Crippen molar-refractivity contribution in [3.63, 3.8) is 0 Å². The van der Waals surface area contributed by atoms with Crippen LogP contribution < -0.4 is 15.8 Å².